The average Bonchev–Trinajstić information content (AvgIpc) is 2.63. The summed E-state index contributed by atoms with van der Waals surface area (Å²) in [5, 5.41) is 13.3. The second-order valence-electron chi connectivity index (χ2n) is 4.99. The Morgan fingerprint density at radius 2 is 1.85 bits per heavy atom. The molecule has 3 rings (SSSR count). The largest absolute Gasteiger partial charge is 0.495 e. The number of hydrogen-bond acceptors (Lipinski definition) is 6. The third kappa shape index (κ3) is 3.77. The van der Waals surface area contributed by atoms with Gasteiger partial charge in [0.25, 0.3) is 0 Å². The van der Waals surface area contributed by atoms with Gasteiger partial charge in [-0.2, -0.15) is 10.1 Å². The van der Waals surface area contributed by atoms with E-state index >= 15 is 0 Å². The van der Waals surface area contributed by atoms with Crippen LogP contribution in [0.2, 0.25) is 5.02 Å². The zero-order valence-corrected chi connectivity index (χ0v) is 14.0. The highest BCUT2D eigenvalue weighted by atomic mass is 35.5. The second-order valence-corrected chi connectivity index (χ2v) is 5.39. The summed E-state index contributed by atoms with van der Waals surface area (Å²) in [5.41, 5.74) is 0.275. The minimum Gasteiger partial charge on any atom is -0.495 e. The summed E-state index contributed by atoms with van der Waals surface area (Å²) >= 11 is 6.04. The van der Waals surface area contributed by atoms with Crippen molar-refractivity contribution in [2.75, 3.05) is 17.7 Å². The molecule has 2 N–H and O–H groups in total. The Hall–Kier alpha value is -3.07. The molecule has 0 fully saturated rings. The quantitative estimate of drug-likeness (QED) is 0.637. The molecule has 0 spiro atoms. The molecule has 0 aliphatic heterocycles. The lowest BCUT2D eigenvalue weighted by atomic mass is 10.3. The summed E-state index contributed by atoms with van der Waals surface area (Å²) in [5.74, 6) is -3.57. The number of halogens is 4. The number of benzene rings is 2. The van der Waals surface area contributed by atoms with E-state index in [1.54, 1.807) is 18.2 Å². The van der Waals surface area contributed by atoms with Gasteiger partial charge in [0.2, 0.25) is 5.95 Å². The number of nitrogens with one attached hydrogen (secondary N) is 2. The first kappa shape index (κ1) is 17.7. The van der Waals surface area contributed by atoms with E-state index in [-0.39, 0.29) is 17.5 Å². The highest BCUT2D eigenvalue weighted by Crippen LogP contribution is 2.28. The molecule has 6 nitrogen and oxygen atoms in total. The van der Waals surface area contributed by atoms with Crippen LogP contribution in [0.4, 0.5) is 36.3 Å². The first-order valence-electron chi connectivity index (χ1n) is 7.18. The molecule has 1 heterocycles. The van der Waals surface area contributed by atoms with E-state index in [0.717, 1.165) is 12.1 Å². The molecular weight excluding hydrogens is 371 g/mol. The van der Waals surface area contributed by atoms with Crippen molar-refractivity contribution >= 4 is 34.7 Å². The fourth-order valence-electron chi connectivity index (χ4n) is 2.05. The summed E-state index contributed by atoms with van der Waals surface area (Å²) in [4.78, 5) is 4.08. The van der Waals surface area contributed by atoms with Crippen LogP contribution < -0.4 is 15.4 Å². The van der Waals surface area contributed by atoms with Crippen molar-refractivity contribution < 1.29 is 17.9 Å². The van der Waals surface area contributed by atoms with E-state index in [1.807, 2.05) is 0 Å². The number of methoxy groups -OCH3 is 1. The third-order valence-electron chi connectivity index (χ3n) is 3.26. The normalized spacial score (nSPS) is 10.5. The second kappa shape index (κ2) is 7.44. The first-order chi connectivity index (χ1) is 12.5. The van der Waals surface area contributed by atoms with Gasteiger partial charge < -0.3 is 15.4 Å². The van der Waals surface area contributed by atoms with Crippen LogP contribution in [0.5, 0.6) is 5.75 Å². The Morgan fingerprint density at radius 1 is 1.04 bits per heavy atom. The predicted octanol–water partition coefficient (Wildman–Crippen LogP) is 4.44. The van der Waals surface area contributed by atoms with Gasteiger partial charge in [-0.05, 0) is 30.3 Å². The van der Waals surface area contributed by atoms with Crippen molar-refractivity contribution in [1.29, 1.82) is 0 Å². The van der Waals surface area contributed by atoms with Crippen LogP contribution in [-0.2, 0) is 0 Å². The van der Waals surface area contributed by atoms with E-state index in [9.17, 15) is 13.2 Å². The highest BCUT2D eigenvalue weighted by molar-refractivity contribution is 6.32. The summed E-state index contributed by atoms with van der Waals surface area (Å²) in [6.45, 7) is 0. The molecule has 3 aromatic rings. The number of rotatable bonds is 5. The molecule has 0 saturated heterocycles. The smallest absolute Gasteiger partial charge is 0.249 e. The molecule has 0 atom stereocenters. The van der Waals surface area contributed by atoms with Crippen molar-refractivity contribution in [3.05, 3.63) is 59.0 Å². The lowest BCUT2D eigenvalue weighted by Crippen LogP contribution is -2.04. The van der Waals surface area contributed by atoms with Crippen molar-refractivity contribution in [3.8, 4) is 5.75 Å². The molecule has 0 aliphatic carbocycles. The van der Waals surface area contributed by atoms with Crippen LogP contribution in [0.15, 0.2) is 36.5 Å². The van der Waals surface area contributed by atoms with E-state index in [0.29, 0.717) is 16.5 Å². The Bertz CT molecular complexity index is 957. The van der Waals surface area contributed by atoms with Crippen molar-refractivity contribution in [2.45, 2.75) is 0 Å². The Morgan fingerprint density at radius 3 is 2.58 bits per heavy atom. The van der Waals surface area contributed by atoms with Crippen LogP contribution in [0.1, 0.15) is 0 Å². The fraction of sp³-hybridized carbons (Fsp3) is 0.0625. The van der Waals surface area contributed by atoms with Crippen LogP contribution >= 0.6 is 11.6 Å². The SMILES string of the molecule is COc1ccc(Nc2nncc(Nc3ccc(F)c(F)c3F)n2)cc1Cl. The molecule has 10 heteroatoms. The number of aromatic nitrogens is 3. The van der Waals surface area contributed by atoms with Gasteiger partial charge in [-0.1, -0.05) is 11.6 Å². The van der Waals surface area contributed by atoms with Gasteiger partial charge in [-0.3, -0.25) is 0 Å². The zero-order valence-electron chi connectivity index (χ0n) is 13.2. The summed E-state index contributed by atoms with van der Waals surface area (Å²) in [6.07, 6.45) is 1.20. The van der Waals surface area contributed by atoms with Gasteiger partial charge in [0.15, 0.2) is 23.3 Å². The first-order valence-corrected chi connectivity index (χ1v) is 7.56. The van der Waals surface area contributed by atoms with Gasteiger partial charge in [0.05, 0.1) is 24.0 Å². The van der Waals surface area contributed by atoms with Crippen molar-refractivity contribution in [3.63, 3.8) is 0 Å². The lowest BCUT2D eigenvalue weighted by Gasteiger charge is -2.10. The standard InChI is InChI=1S/C16H11ClF3N5O/c1-26-12-5-2-8(6-9(12)17)22-16-24-13(7-21-25-16)23-11-4-3-10(18)14(19)15(11)20/h2-7H,1H3,(H2,22,23,24,25). The summed E-state index contributed by atoms with van der Waals surface area (Å²) in [6, 6.07) is 6.78. The minimum atomic E-state index is -1.58. The Balaban J connectivity index is 1.80. The molecule has 1 aromatic heterocycles. The van der Waals surface area contributed by atoms with Crippen LogP contribution in [0, 0.1) is 17.5 Å². The molecule has 0 bridgehead atoms. The molecule has 0 amide bonds. The molecule has 2 aromatic carbocycles. The van der Waals surface area contributed by atoms with Gasteiger partial charge in [-0.25, -0.2) is 13.2 Å². The highest BCUT2D eigenvalue weighted by Gasteiger charge is 2.14. The molecular formula is C16H11ClF3N5O. The van der Waals surface area contributed by atoms with Crippen LogP contribution in [-0.4, -0.2) is 22.3 Å². The number of nitrogens with zero attached hydrogens (tertiary/aromatic N) is 3. The Kier molecular flexibility index (Phi) is 5.08. The monoisotopic (exact) mass is 381 g/mol. The lowest BCUT2D eigenvalue weighted by molar-refractivity contribution is 0.415. The average molecular weight is 382 g/mol. The third-order valence-corrected chi connectivity index (χ3v) is 3.56. The van der Waals surface area contributed by atoms with E-state index < -0.39 is 17.5 Å². The van der Waals surface area contributed by atoms with Crippen molar-refractivity contribution in [2.24, 2.45) is 0 Å². The maximum Gasteiger partial charge on any atom is 0.249 e. The summed E-state index contributed by atoms with van der Waals surface area (Å²) in [7, 11) is 1.49. The number of ether oxygens (including phenoxy) is 1. The maximum absolute atomic E-state index is 13.7. The molecule has 134 valence electrons. The van der Waals surface area contributed by atoms with Crippen molar-refractivity contribution in [1.82, 2.24) is 15.2 Å². The predicted molar refractivity (Wildman–Crippen MR) is 90.7 cm³/mol. The summed E-state index contributed by atoms with van der Waals surface area (Å²) < 4.78 is 45.1. The molecule has 0 aliphatic rings. The molecule has 0 unspecified atom stereocenters. The minimum absolute atomic E-state index is 0.0759. The fourth-order valence-corrected chi connectivity index (χ4v) is 2.31. The Labute approximate surface area is 151 Å². The molecule has 0 radical (unpaired) electrons. The van der Waals surface area contributed by atoms with E-state index in [2.05, 4.69) is 25.8 Å². The number of anilines is 4. The van der Waals surface area contributed by atoms with Gasteiger partial charge in [-0.15, -0.1) is 5.10 Å². The maximum atomic E-state index is 13.7. The molecule has 0 saturated carbocycles. The van der Waals surface area contributed by atoms with Gasteiger partial charge in [0.1, 0.15) is 5.75 Å². The molecule has 26 heavy (non-hydrogen) atoms. The van der Waals surface area contributed by atoms with Gasteiger partial charge in [0, 0.05) is 5.69 Å². The van der Waals surface area contributed by atoms with Crippen LogP contribution in [0.3, 0.4) is 0 Å². The topological polar surface area (TPSA) is 72.0 Å². The van der Waals surface area contributed by atoms with E-state index in [1.165, 1.54) is 13.3 Å². The van der Waals surface area contributed by atoms with Gasteiger partial charge >= 0.3 is 0 Å². The van der Waals surface area contributed by atoms with E-state index in [4.69, 9.17) is 16.3 Å². The number of hydrogen-bond donors (Lipinski definition) is 2. The zero-order chi connectivity index (χ0) is 18.7. The van der Waals surface area contributed by atoms with Crippen LogP contribution in [0.25, 0.3) is 0 Å².